The maximum Gasteiger partial charge on any atom is 0.412 e. The van der Waals surface area contributed by atoms with Crippen LogP contribution in [0, 0.1) is 27.9 Å². The minimum Gasteiger partial charge on any atom is -0.459 e. The number of carbonyl (C=O) groups excluding carboxylic acids is 2. The molecule has 6 atom stereocenters. The number of hydrogen-bond acceptors (Lipinski definition) is 11. The lowest BCUT2D eigenvalue weighted by atomic mass is 9.55. The van der Waals surface area contributed by atoms with Crippen LogP contribution < -0.4 is 14.8 Å². The molecule has 1 saturated carbocycles. The van der Waals surface area contributed by atoms with E-state index in [1.807, 2.05) is 80.3 Å². The van der Waals surface area contributed by atoms with Crippen LogP contribution in [0.15, 0.2) is 120 Å². The summed E-state index contributed by atoms with van der Waals surface area (Å²) < 4.78 is 20.9. The molecule has 2 amide bonds. The Morgan fingerprint density at radius 2 is 1.58 bits per heavy atom. The van der Waals surface area contributed by atoms with E-state index in [2.05, 4.69) is 24.9 Å². The van der Waals surface area contributed by atoms with Gasteiger partial charge in [-0.25, -0.2) is 4.79 Å². The SMILES string of the molecule is C=CCOC12Oc3ccc(OC(=O)NCCCCCCCCCCCC)cc3C3C(CCCCO)C(CCCCO)C=C(C(=NOC(C)(C)C)CC1N(Cc1cccc4ccccc14)C(=O)C=Cc1ccc([N+](=O)[O-])cc1)C32. The van der Waals surface area contributed by atoms with Crippen LogP contribution >= 0.6 is 0 Å². The van der Waals surface area contributed by atoms with Crippen molar-refractivity contribution in [2.24, 2.45) is 22.9 Å². The number of rotatable bonds is 30. The average Bonchev–Trinajstić information content (AvgIpc) is 3.02. The predicted molar refractivity (Wildman–Crippen MR) is 308 cm³/mol. The van der Waals surface area contributed by atoms with Gasteiger partial charge in [0.15, 0.2) is 0 Å². The summed E-state index contributed by atoms with van der Waals surface area (Å²) in [5.41, 5.74) is 3.10. The first-order chi connectivity index (χ1) is 37.8. The van der Waals surface area contributed by atoms with Gasteiger partial charge in [-0.3, -0.25) is 14.9 Å². The Balaban J connectivity index is 1.34. The summed E-state index contributed by atoms with van der Waals surface area (Å²) in [5, 5.41) is 41.7. The monoisotopic (exact) mass is 1070 g/mol. The molecule has 1 fully saturated rings. The van der Waals surface area contributed by atoms with Crippen LogP contribution in [0.5, 0.6) is 11.5 Å². The molecule has 4 aromatic carbocycles. The number of ether oxygens (including phenoxy) is 3. The molecule has 14 nitrogen and oxygen atoms in total. The van der Waals surface area contributed by atoms with Crippen molar-refractivity contribution < 1.29 is 43.8 Å². The Kier molecular flexibility index (Phi) is 22.1. The Bertz CT molecular complexity index is 2710. The molecule has 3 N–H and O–H groups in total. The number of allylic oxidation sites excluding steroid dienone is 1. The molecule has 14 heteroatoms. The molecule has 3 aliphatic rings. The van der Waals surface area contributed by atoms with Crippen molar-refractivity contribution in [3.05, 3.63) is 142 Å². The van der Waals surface area contributed by atoms with Crippen molar-refractivity contribution in [3.8, 4) is 11.5 Å². The topological polar surface area (TPSA) is 182 Å². The molecule has 0 radical (unpaired) electrons. The number of fused-ring (bicyclic) bond motifs is 3. The number of aliphatic hydroxyl groups excluding tert-OH is 2. The molecule has 4 aromatic rings. The summed E-state index contributed by atoms with van der Waals surface area (Å²) in [5.74, 6) is -2.09. The Labute approximate surface area is 462 Å². The molecule has 0 bridgehead atoms. The van der Waals surface area contributed by atoms with E-state index in [1.165, 1.54) is 63.2 Å². The molecule has 1 aliphatic heterocycles. The lowest BCUT2D eigenvalue weighted by Gasteiger charge is -2.60. The maximum atomic E-state index is 15.5. The van der Waals surface area contributed by atoms with Gasteiger partial charge in [0.05, 0.1) is 23.2 Å². The van der Waals surface area contributed by atoms with Crippen molar-refractivity contribution in [1.82, 2.24) is 10.2 Å². The molecule has 0 saturated heterocycles. The summed E-state index contributed by atoms with van der Waals surface area (Å²) in [6.45, 7) is 13.0. The first-order valence-electron chi connectivity index (χ1n) is 28.7. The summed E-state index contributed by atoms with van der Waals surface area (Å²) >= 11 is 0. The van der Waals surface area contributed by atoms with Crippen LogP contribution in [0.3, 0.4) is 0 Å². The third-order valence-corrected chi connectivity index (χ3v) is 15.5. The maximum absolute atomic E-state index is 15.5. The number of nitrogens with zero attached hydrogens (tertiary/aromatic N) is 3. The van der Waals surface area contributed by atoms with Crippen LogP contribution in [0.2, 0.25) is 0 Å². The van der Waals surface area contributed by atoms with Gasteiger partial charge in [0.25, 0.3) is 5.69 Å². The van der Waals surface area contributed by atoms with Gasteiger partial charge in [-0.2, -0.15) is 0 Å². The second-order valence-corrected chi connectivity index (χ2v) is 22.3. The van der Waals surface area contributed by atoms with E-state index in [0.717, 1.165) is 72.4 Å². The first kappa shape index (κ1) is 59.3. The number of hydrogen-bond donors (Lipinski definition) is 3. The van der Waals surface area contributed by atoms with Crippen molar-refractivity contribution in [2.75, 3.05) is 26.4 Å². The highest BCUT2D eigenvalue weighted by atomic mass is 16.7. The first-order valence-corrected chi connectivity index (χ1v) is 28.7. The highest BCUT2D eigenvalue weighted by Crippen LogP contribution is 2.62. The number of unbranched alkanes of at least 4 members (excludes halogenated alkanes) is 11. The van der Waals surface area contributed by atoms with Crippen LogP contribution in [0.4, 0.5) is 10.5 Å². The molecule has 0 spiro atoms. The van der Waals surface area contributed by atoms with Gasteiger partial charge in [-0.15, -0.1) is 6.58 Å². The third kappa shape index (κ3) is 15.5. The zero-order valence-electron chi connectivity index (χ0n) is 46.5. The molecule has 2 aliphatic carbocycles. The Morgan fingerprint density at radius 1 is 0.885 bits per heavy atom. The minimum absolute atomic E-state index is 0.0158. The van der Waals surface area contributed by atoms with Crippen LogP contribution in [0.1, 0.15) is 159 Å². The highest BCUT2D eigenvalue weighted by molar-refractivity contribution is 6.03. The molecule has 420 valence electrons. The highest BCUT2D eigenvalue weighted by Gasteiger charge is 2.65. The lowest BCUT2D eigenvalue weighted by Crippen LogP contribution is -2.70. The van der Waals surface area contributed by atoms with E-state index in [0.29, 0.717) is 42.2 Å². The summed E-state index contributed by atoms with van der Waals surface area (Å²) in [4.78, 5) is 48.3. The van der Waals surface area contributed by atoms with Crippen molar-refractivity contribution >= 4 is 40.2 Å². The number of aliphatic hydroxyl groups is 2. The smallest absolute Gasteiger partial charge is 0.412 e. The van der Waals surface area contributed by atoms with E-state index >= 15 is 4.79 Å². The van der Waals surface area contributed by atoms with Gasteiger partial charge >= 0.3 is 6.09 Å². The van der Waals surface area contributed by atoms with Gasteiger partial charge in [0, 0.05) is 62.4 Å². The zero-order chi connectivity index (χ0) is 55.5. The summed E-state index contributed by atoms with van der Waals surface area (Å²) in [6, 6.07) is 24.8. The van der Waals surface area contributed by atoms with Gasteiger partial charge in [0.2, 0.25) is 11.7 Å². The van der Waals surface area contributed by atoms with Crippen LogP contribution in [0.25, 0.3) is 16.8 Å². The fraction of sp³-hybridized carbons (Fsp3) is 0.516. The number of nitrogens with one attached hydrogen (secondary N) is 1. The van der Waals surface area contributed by atoms with Gasteiger partial charge in [-0.05, 0) is 129 Å². The van der Waals surface area contributed by atoms with Crippen molar-refractivity contribution in [1.29, 1.82) is 0 Å². The quantitative estimate of drug-likeness (QED) is 0.0149. The summed E-state index contributed by atoms with van der Waals surface area (Å²) in [6.07, 6.45) is 22.9. The number of oxime groups is 1. The fourth-order valence-corrected chi connectivity index (χ4v) is 11.8. The van der Waals surface area contributed by atoms with E-state index in [-0.39, 0.29) is 62.1 Å². The number of nitro benzene ring substituents is 1. The number of nitro groups is 1. The Morgan fingerprint density at radius 3 is 2.27 bits per heavy atom. The van der Waals surface area contributed by atoms with Gasteiger partial charge < -0.3 is 39.5 Å². The molecule has 0 aromatic heterocycles. The number of benzene rings is 4. The van der Waals surface area contributed by atoms with E-state index < -0.39 is 34.4 Å². The van der Waals surface area contributed by atoms with Crippen LogP contribution in [-0.2, 0) is 20.9 Å². The molecule has 78 heavy (non-hydrogen) atoms. The molecular weight excluding hydrogens is 985 g/mol. The molecular formula is C64H84N4O10. The standard InChI is InChI=1S/C64H84N4O10/c1-6-8-9-10-11-12-13-14-15-20-38-65-62(72)76-51-35-36-57-55(43-51)60-53(29-19-22-40-70)48(25-18-21-39-69)42-54-56(66-78-63(3,4)5)44-58(64(77-57,61(54)60)75-41-7-2)67(45-49-27-23-26-47-24-16-17-28-52(47)49)59(71)37-32-46-30-33-50(34-31-46)68(73)74/h7,16-17,23-24,26-28,30-37,42-43,48,53,58,60-61,69-70H,2,6,8-15,18-22,25,29,38-41,44-45H2,1,3-5H3,(H,65,72). The molecule has 7 rings (SSSR count). The predicted octanol–water partition coefficient (Wildman–Crippen LogP) is 13.9. The second kappa shape index (κ2) is 29.0. The van der Waals surface area contributed by atoms with Gasteiger partial charge in [0.1, 0.15) is 23.1 Å². The van der Waals surface area contributed by atoms with E-state index in [4.69, 9.17) is 24.2 Å². The zero-order valence-corrected chi connectivity index (χ0v) is 46.5. The summed E-state index contributed by atoms with van der Waals surface area (Å²) in [7, 11) is 0. The average molecular weight is 1070 g/mol. The van der Waals surface area contributed by atoms with Crippen molar-refractivity contribution in [2.45, 2.75) is 167 Å². The van der Waals surface area contributed by atoms with Gasteiger partial charge in [-0.1, -0.05) is 137 Å². The fourth-order valence-electron chi connectivity index (χ4n) is 11.8. The normalized spacial score (nSPS) is 21.1. The second-order valence-electron chi connectivity index (χ2n) is 22.3. The number of non-ortho nitro benzene ring substituents is 1. The Hall–Kier alpha value is -6.35. The van der Waals surface area contributed by atoms with E-state index in [1.54, 1.807) is 30.4 Å². The minimum atomic E-state index is -1.57. The van der Waals surface area contributed by atoms with E-state index in [9.17, 15) is 25.1 Å². The van der Waals surface area contributed by atoms with Crippen molar-refractivity contribution in [3.63, 3.8) is 0 Å². The third-order valence-electron chi connectivity index (χ3n) is 15.5. The molecule has 6 unspecified atom stereocenters. The molecule has 1 heterocycles. The largest absolute Gasteiger partial charge is 0.459 e. The van der Waals surface area contributed by atoms with Crippen LogP contribution in [-0.4, -0.2) is 81.5 Å². The lowest BCUT2D eigenvalue weighted by molar-refractivity contribution is -0.384. The number of amides is 2. The number of carbonyl (C=O) groups is 2.